The zero-order chi connectivity index (χ0) is 11.8. The minimum absolute atomic E-state index is 0.563. The van der Waals surface area contributed by atoms with E-state index in [4.69, 9.17) is 2.79 Å². The summed E-state index contributed by atoms with van der Waals surface area (Å²) in [6.45, 7) is 8.61. The van der Waals surface area contributed by atoms with Gasteiger partial charge in [0.05, 0.1) is 0 Å². The van der Waals surface area contributed by atoms with Gasteiger partial charge >= 0.3 is 101 Å². The van der Waals surface area contributed by atoms with Crippen LogP contribution in [0.25, 0.3) is 0 Å². The Bertz CT molecular complexity index is 174. The third kappa shape index (κ3) is 10.4. The fourth-order valence-corrected chi connectivity index (χ4v) is 12.4. The normalized spacial score (nSPS) is 10.8. The summed E-state index contributed by atoms with van der Waals surface area (Å²) < 4.78 is 6.91. The van der Waals surface area contributed by atoms with Crippen molar-refractivity contribution >= 4 is 23.2 Å². The molecule has 0 heterocycles. The Morgan fingerprint density at radius 2 is 1.53 bits per heavy atom. The molecule has 0 N–H and O–H groups in total. The van der Waals surface area contributed by atoms with Crippen molar-refractivity contribution in [3.8, 4) is 0 Å². The summed E-state index contributed by atoms with van der Waals surface area (Å²) in [6.07, 6.45) is 2.16. The van der Waals surface area contributed by atoms with E-state index in [1.54, 1.807) is 0 Å². The van der Waals surface area contributed by atoms with Crippen molar-refractivity contribution in [1.29, 1.82) is 0 Å². The fourth-order valence-electron chi connectivity index (χ4n) is 1.41. The number of rotatable bonds is 8. The second-order valence-corrected chi connectivity index (χ2v) is 15.0. The molecule has 4 nitrogen and oxygen atoms in total. The van der Waals surface area contributed by atoms with Crippen molar-refractivity contribution in [1.82, 2.24) is 0 Å². The van der Waals surface area contributed by atoms with E-state index in [9.17, 15) is 10.1 Å². The molecule has 0 spiro atoms. The van der Waals surface area contributed by atoms with Crippen LogP contribution in [-0.4, -0.2) is 28.2 Å². The predicted octanol–water partition coefficient (Wildman–Crippen LogP) is 3.28. The molecule has 0 aliphatic carbocycles. The van der Waals surface area contributed by atoms with Crippen LogP contribution in [0.1, 0.15) is 40.5 Å². The molecule has 0 aromatic heterocycles. The van der Waals surface area contributed by atoms with Crippen LogP contribution in [0.3, 0.4) is 0 Å². The topological polar surface area (TPSA) is 52.4 Å². The van der Waals surface area contributed by atoms with Crippen molar-refractivity contribution in [2.24, 2.45) is 11.8 Å². The SMILES string of the molecule is CC(C)C[CH2][Tl]([CH2]CC(C)C)[O][N+](=O)[O-]. The van der Waals surface area contributed by atoms with Gasteiger partial charge in [-0.15, -0.1) is 0 Å². The van der Waals surface area contributed by atoms with Crippen LogP contribution in [0.15, 0.2) is 0 Å². The third-order valence-corrected chi connectivity index (χ3v) is 11.8. The van der Waals surface area contributed by atoms with Gasteiger partial charge in [0.25, 0.3) is 0 Å². The van der Waals surface area contributed by atoms with Crippen LogP contribution in [0, 0.1) is 22.0 Å². The van der Waals surface area contributed by atoms with Crippen LogP contribution in [0.2, 0.25) is 7.96 Å². The van der Waals surface area contributed by atoms with Gasteiger partial charge in [-0.05, 0) is 0 Å². The van der Waals surface area contributed by atoms with Crippen LogP contribution in [-0.2, 0) is 2.79 Å². The van der Waals surface area contributed by atoms with Crippen molar-refractivity contribution in [2.75, 3.05) is 0 Å². The molecule has 0 aromatic rings. The Hall–Kier alpha value is 0.122. The van der Waals surface area contributed by atoms with Crippen molar-refractivity contribution in [2.45, 2.75) is 48.5 Å². The molecular weight excluding hydrogens is 386 g/mol. The molecule has 0 saturated heterocycles. The first kappa shape index (κ1) is 15.1. The van der Waals surface area contributed by atoms with Gasteiger partial charge in [0.2, 0.25) is 0 Å². The second-order valence-electron chi connectivity index (χ2n) is 4.89. The van der Waals surface area contributed by atoms with Crippen molar-refractivity contribution in [3.05, 3.63) is 10.1 Å². The Morgan fingerprint density at radius 1 is 1.13 bits per heavy atom. The molecule has 88 valence electrons. The molecule has 0 fully saturated rings. The molecule has 0 amide bonds. The summed E-state index contributed by atoms with van der Waals surface area (Å²) in [6, 6.07) is 0. The number of hydrogen-bond donors (Lipinski definition) is 0. The van der Waals surface area contributed by atoms with Crippen molar-refractivity contribution in [3.63, 3.8) is 0 Å². The van der Waals surface area contributed by atoms with Gasteiger partial charge in [0.15, 0.2) is 0 Å². The summed E-state index contributed by atoms with van der Waals surface area (Å²) in [5, 5.41) is 9.78. The predicted molar refractivity (Wildman–Crippen MR) is 62.4 cm³/mol. The van der Waals surface area contributed by atoms with E-state index in [0.29, 0.717) is 11.8 Å². The van der Waals surface area contributed by atoms with Gasteiger partial charge in [0.1, 0.15) is 0 Å². The molecule has 0 aliphatic rings. The third-order valence-electron chi connectivity index (χ3n) is 2.37. The van der Waals surface area contributed by atoms with Gasteiger partial charge in [-0.3, -0.25) is 0 Å². The molecule has 0 aromatic carbocycles. The Morgan fingerprint density at radius 3 is 1.80 bits per heavy atom. The standard InChI is InChI=1S/2C5H11.NO3.Tl/c2*1-4-5(2)3;2-1(3)4;/h2*5H,1,4H2,2-3H3;;/q;;-1;+1. The summed E-state index contributed by atoms with van der Waals surface area (Å²) >= 11 is -2.43. The van der Waals surface area contributed by atoms with Crippen LogP contribution in [0.4, 0.5) is 0 Å². The Labute approximate surface area is 101 Å². The zero-order valence-corrected chi connectivity index (χ0v) is 14.7. The van der Waals surface area contributed by atoms with Gasteiger partial charge in [0, 0.05) is 0 Å². The van der Waals surface area contributed by atoms with Crippen LogP contribution < -0.4 is 0 Å². The number of hydrogen-bond acceptors (Lipinski definition) is 3. The monoisotopic (exact) mass is 409 g/mol. The Balaban J connectivity index is 3.89. The average molecular weight is 409 g/mol. The molecule has 0 aliphatic heterocycles. The van der Waals surface area contributed by atoms with Gasteiger partial charge in [-0.25, -0.2) is 0 Å². The summed E-state index contributed by atoms with van der Waals surface area (Å²) in [7, 11) is 0. The summed E-state index contributed by atoms with van der Waals surface area (Å²) in [4.78, 5) is 10.3. The number of nitrogens with zero attached hydrogens (tertiary/aromatic N) is 1. The van der Waals surface area contributed by atoms with E-state index in [-0.39, 0.29) is 0 Å². The van der Waals surface area contributed by atoms with Crippen LogP contribution in [0.5, 0.6) is 0 Å². The minimum atomic E-state index is -2.43. The summed E-state index contributed by atoms with van der Waals surface area (Å²) in [5.41, 5.74) is 0. The molecule has 0 saturated carbocycles. The molecule has 0 unspecified atom stereocenters. The molecule has 0 atom stereocenters. The average Bonchev–Trinajstić information content (AvgIpc) is 2.08. The van der Waals surface area contributed by atoms with E-state index in [1.165, 1.54) is 0 Å². The molecule has 0 rings (SSSR count). The van der Waals surface area contributed by atoms with E-state index in [0.717, 1.165) is 20.8 Å². The maximum atomic E-state index is 10.3. The van der Waals surface area contributed by atoms with Gasteiger partial charge < -0.3 is 0 Å². The van der Waals surface area contributed by atoms with E-state index < -0.39 is 28.2 Å². The quantitative estimate of drug-likeness (QED) is 0.352. The second kappa shape index (κ2) is 8.29. The van der Waals surface area contributed by atoms with E-state index >= 15 is 0 Å². The zero-order valence-electron chi connectivity index (χ0n) is 10.2. The molecule has 0 bridgehead atoms. The molecular formula is C10H22NO3Tl. The molecule has 15 heavy (non-hydrogen) atoms. The van der Waals surface area contributed by atoms with E-state index in [1.807, 2.05) is 0 Å². The van der Waals surface area contributed by atoms with Gasteiger partial charge in [-0.1, -0.05) is 0 Å². The first-order chi connectivity index (χ1) is 6.91. The maximum absolute atomic E-state index is 10.3. The van der Waals surface area contributed by atoms with Crippen LogP contribution >= 0.6 is 0 Å². The Kier molecular flexibility index (Phi) is 8.36. The van der Waals surface area contributed by atoms with E-state index in [2.05, 4.69) is 27.7 Å². The first-order valence-electron chi connectivity index (χ1n) is 5.73. The molecule has 5 heteroatoms. The molecule has 0 radical (unpaired) electrons. The summed E-state index contributed by atoms with van der Waals surface area (Å²) in [5.74, 6) is 1.25. The fraction of sp³-hybridized carbons (Fsp3) is 1.00. The first-order valence-corrected chi connectivity index (χ1v) is 13.9. The van der Waals surface area contributed by atoms with Crippen molar-refractivity contribution < 1.29 is 7.87 Å². The van der Waals surface area contributed by atoms with Gasteiger partial charge in [-0.2, -0.15) is 0 Å².